The van der Waals surface area contributed by atoms with E-state index in [1.807, 2.05) is 4.72 Å². The van der Waals surface area contributed by atoms with Gasteiger partial charge in [-0.15, -0.1) is 0 Å². The van der Waals surface area contributed by atoms with Gasteiger partial charge in [-0.25, -0.2) is 17.2 Å². The van der Waals surface area contributed by atoms with Gasteiger partial charge in [0.15, 0.2) is 0 Å². The Kier molecular flexibility index (Phi) is 4.13. The average molecular weight is 312 g/mol. The van der Waals surface area contributed by atoms with Gasteiger partial charge in [0.1, 0.15) is 11.6 Å². The Bertz CT molecular complexity index is 759. The van der Waals surface area contributed by atoms with Gasteiger partial charge >= 0.3 is 0 Å². The van der Waals surface area contributed by atoms with E-state index in [2.05, 4.69) is 0 Å². The number of anilines is 2. The molecule has 7 heteroatoms. The Morgan fingerprint density at radius 1 is 1.10 bits per heavy atom. The third-order valence-corrected chi connectivity index (χ3v) is 4.09. The summed E-state index contributed by atoms with van der Waals surface area (Å²) in [5, 5.41) is 0. The van der Waals surface area contributed by atoms with E-state index >= 15 is 0 Å². The fraction of sp³-hybridized carbons (Fsp3) is 0.143. The minimum atomic E-state index is -3.85. The lowest BCUT2D eigenvalue weighted by Crippen LogP contribution is -2.16. The van der Waals surface area contributed by atoms with E-state index < -0.39 is 27.3 Å². The third kappa shape index (κ3) is 3.91. The predicted octanol–water partition coefficient (Wildman–Crippen LogP) is 2.80. The molecule has 0 spiro atoms. The molecule has 3 N–H and O–H groups in total. The van der Waals surface area contributed by atoms with Gasteiger partial charge in [0, 0.05) is 11.8 Å². The SMILES string of the molecule is Cc1cc(F)c(NS(=O)(=O)Cc2ccc(N)cc2)cc1F. The number of benzene rings is 2. The zero-order valence-electron chi connectivity index (χ0n) is 11.2. The summed E-state index contributed by atoms with van der Waals surface area (Å²) in [6.45, 7) is 1.39. The fourth-order valence-corrected chi connectivity index (χ4v) is 2.96. The topological polar surface area (TPSA) is 72.2 Å². The highest BCUT2D eigenvalue weighted by molar-refractivity contribution is 7.91. The molecule has 0 fully saturated rings. The molecule has 2 aromatic carbocycles. The summed E-state index contributed by atoms with van der Waals surface area (Å²) in [5.74, 6) is -1.86. The summed E-state index contributed by atoms with van der Waals surface area (Å²) in [4.78, 5) is 0. The Labute approximate surface area is 121 Å². The monoisotopic (exact) mass is 312 g/mol. The molecule has 0 radical (unpaired) electrons. The number of nitrogens with one attached hydrogen (secondary N) is 1. The molecule has 0 saturated heterocycles. The van der Waals surface area contributed by atoms with Gasteiger partial charge in [0.2, 0.25) is 10.0 Å². The molecule has 2 aromatic rings. The van der Waals surface area contributed by atoms with E-state index in [1.54, 1.807) is 24.3 Å². The maximum Gasteiger partial charge on any atom is 0.237 e. The van der Waals surface area contributed by atoms with Gasteiger partial charge in [-0.3, -0.25) is 4.72 Å². The zero-order chi connectivity index (χ0) is 15.6. The lowest BCUT2D eigenvalue weighted by molar-refractivity contribution is 0.590. The molecular formula is C14H14F2N2O2S. The van der Waals surface area contributed by atoms with Crippen LogP contribution in [0.15, 0.2) is 36.4 Å². The predicted molar refractivity (Wildman–Crippen MR) is 78.2 cm³/mol. The van der Waals surface area contributed by atoms with Crippen LogP contribution in [0.2, 0.25) is 0 Å². The van der Waals surface area contributed by atoms with Crippen molar-refractivity contribution >= 4 is 21.4 Å². The van der Waals surface area contributed by atoms with Crippen LogP contribution in [0.4, 0.5) is 20.2 Å². The summed E-state index contributed by atoms with van der Waals surface area (Å²) in [6, 6.07) is 8.01. The molecular weight excluding hydrogens is 298 g/mol. The van der Waals surface area contributed by atoms with Crippen LogP contribution in [-0.4, -0.2) is 8.42 Å². The van der Waals surface area contributed by atoms with Crippen LogP contribution < -0.4 is 10.5 Å². The fourth-order valence-electron chi connectivity index (χ4n) is 1.76. The van der Waals surface area contributed by atoms with Crippen molar-refractivity contribution < 1.29 is 17.2 Å². The Morgan fingerprint density at radius 2 is 1.71 bits per heavy atom. The van der Waals surface area contributed by atoms with Crippen molar-refractivity contribution in [1.29, 1.82) is 0 Å². The van der Waals surface area contributed by atoms with Crippen LogP contribution in [0, 0.1) is 18.6 Å². The molecule has 2 rings (SSSR count). The number of halogens is 2. The van der Waals surface area contributed by atoms with Crippen LogP contribution >= 0.6 is 0 Å². The Hall–Kier alpha value is -2.15. The lowest BCUT2D eigenvalue weighted by atomic mass is 10.2. The number of aryl methyl sites for hydroxylation is 1. The highest BCUT2D eigenvalue weighted by Gasteiger charge is 2.16. The summed E-state index contributed by atoms with van der Waals surface area (Å²) < 4.78 is 53.0. The van der Waals surface area contributed by atoms with Crippen LogP contribution in [0.3, 0.4) is 0 Å². The van der Waals surface area contributed by atoms with Crippen LogP contribution in [0.25, 0.3) is 0 Å². The van der Waals surface area contributed by atoms with Crippen LogP contribution in [0.5, 0.6) is 0 Å². The van der Waals surface area contributed by atoms with Crippen molar-refractivity contribution in [2.75, 3.05) is 10.5 Å². The second-order valence-corrected chi connectivity index (χ2v) is 6.41. The van der Waals surface area contributed by atoms with E-state index in [1.165, 1.54) is 6.92 Å². The van der Waals surface area contributed by atoms with E-state index in [0.717, 1.165) is 12.1 Å². The third-order valence-electron chi connectivity index (χ3n) is 2.85. The molecule has 0 aliphatic rings. The zero-order valence-corrected chi connectivity index (χ0v) is 12.0. The van der Waals surface area contributed by atoms with E-state index in [0.29, 0.717) is 11.3 Å². The van der Waals surface area contributed by atoms with E-state index in [4.69, 9.17) is 5.73 Å². The first-order chi connectivity index (χ1) is 9.77. The first-order valence-electron chi connectivity index (χ1n) is 6.07. The summed E-state index contributed by atoms with van der Waals surface area (Å²) in [7, 11) is -3.85. The van der Waals surface area contributed by atoms with Crippen molar-refractivity contribution in [2.45, 2.75) is 12.7 Å². The molecule has 0 aliphatic heterocycles. The molecule has 4 nitrogen and oxygen atoms in total. The number of nitrogens with two attached hydrogens (primary N) is 1. The van der Waals surface area contributed by atoms with Gasteiger partial charge in [-0.1, -0.05) is 12.1 Å². The first kappa shape index (κ1) is 15.2. The number of rotatable bonds is 4. The first-order valence-corrected chi connectivity index (χ1v) is 7.72. The largest absolute Gasteiger partial charge is 0.399 e. The second kappa shape index (κ2) is 5.69. The second-order valence-electron chi connectivity index (χ2n) is 4.68. The molecule has 0 unspecified atom stereocenters. The molecule has 0 aromatic heterocycles. The van der Waals surface area contributed by atoms with E-state index in [-0.39, 0.29) is 11.3 Å². The minimum Gasteiger partial charge on any atom is -0.399 e. The van der Waals surface area contributed by atoms with Gasteiger partial charge in [-0.05, 0) is 36.2 Å². The number of nitrogen functional groups attached to an aromatic ring is 1. The number of hydrogen-bond donors (Lipinski definition) is 2. The van der Waals surface area contributed by atoms with E-state index in [9.17, 15) is 17.2 Å². The molecule has 112 valence electrons. The molecule has 0 aliphatic carbocycles. The number of hydrogen-bond acceptors (Lipinski definition) is 3. The molecule has 0 saturated carbocycles. The standard InChI is InChI=1S/C14H14F2N2O2S/c1-9-6-13(16)14(7-12(9)15)18-21(19,20)8-10-2-4-11(17)5-3-10/h2-7,18H,8,17H2,1H3. The Morgan fingerprint density at radius 3 is 2.33 bits per heavy atom. The maximum atomic E-state index is 13.6. The van der Waals surface area contributed by atoms with Crippen LogP contribution in [0.1, 0.15) is 11.1 Å². The van der Waals surface area contributed by atoms with Gasteiger partial charge in [-0.2, -0.15) is 0 Å². The van der Waals surface area contributed by atoms with Crippen molar-refractivity contribution in [3.63, 3.8) is 0 Å². The number of sulfonamides is 1. The van der Waals surface area contributed by atoms with Crippen molar-refractivity contribution in [1.82, 2.24) is 0 Å². The summed E-state index contributed by atoms with van der Waals surface area (Å²) >= 11 is 0. The Balaban J connectivity index is 2.21. The normalized spacial score (nSPS) is 11.4. The molecule has 0 bridgehead atoms. The quantitative estimate of drug-likeness (QED) is 0.853. The summed E-state index contributed by atoms with van der Waals surface area (Å²) in [6.07, 6.45) is 0. The lowest BCUT2D eigenvalue weighted by Gasteiger charge is -2.10. The summed E-state index contributed by atoms with van der Waals surface area (Å²) in [5.41, 5.74) is 6.21. The van der Waals surface area contributed by atoms with Crippen molar-refractivity contribution in [3.05, 3.63) is 59.2 Å². The van der Waals surface area contributed by atoms with Gasteiger partial charge < -0.3 is 5.73 Å². The maximum absolute atomic E-state index is 13.6. The molecule has 21 heavy (non-hydrogen) atoms. The van der Waals surface area contributed by atoms with Crippen molar-refractivity contribution in [3.8, 4) is 0 Å². The van der Waals surface area contributed by atoms with Gasteiger partial charge in [0.25, 0.3) is 0 Å². The average Bonchev–Trinajstić information content (AvgIpc) is 2.38. The van der Waals surface area contributed by atoms with Crippen molar-refractivity contribution in [2.24, 2.45) is 0 Å². The minimum absolute atomic E-state index is 0.106. The van der Waals surface area contributed by atoms with Crippen LogP contribution in [-0.2, 0) is 15.8 Å². The molecule has 0 heterocycles. The highest BCUT2D eigenvalue weighted by Crippen LogP contribution is 2.21. The highest BCUT2D eigenvalue weighted by atomic mass is 32.2. The molecule has 0 amide bonds. The smallest absolute Gasteiger partial charge is 0.237 e. The van der Waals surface area contributed by atoms with Gasteiger partial charge in [0.05, 0.1) is 11.4 Å². The molecule has 0 atom stereocenters.